The molecule has 1 aromatic heterocycles. The molecule has 0 aliphatic carbocycles. The highest BCUT2D eigenvalue weighted by atomic mass is 32.1. The third-order valence-corrected chi connectivity index (χ3v) is 8.23. The van der Waals surface area contributed by atoms with Crippen molar-refractivity contribution in [1.29, 1.82) is 0 Å². The number of esters is 1. The van der Waals surface area contributed by atoms with E-state index < -0.39 is 49.5 Å². The highest BCUT2D eigenvalue weighted by Crippen LogP contribution is 2.51. The third-order valence-electron chi connectivity index (χ3n) is 5.78. The Bertz CT molecular complexity index is 1210. The van der Waals surface area contributed by atoms with Crippen molar-refractivity contribution in [3.63, 3.8) is 0 Å². The zero-order valence-corrected chi connectivity index (χ0v) is 22.7. The Morgan fingerprint density at radius 1 is 1.28 bits per heavy atom. The van der Waals surface area contributed by atoms with Crippen molar-refractivity contribution >= 4 is 25.8 Å². The molecular weight excluding hydrogens is 507 g/mol. The first-order chi connectivity index (χ1) is 16.9. The fourth-order valence-corrected chi connectivity index (χ4v) is 5.84. The van der Waals surface area contributed by atoms with Crippen molar-refractivity contribution < 1.29 is 33.0 Å². The average Bonchev–Trinajstić information content (AvgIpc) is 3.08. The number of aryl methyl sites for hydroxylation is 1. The molecule has 1 unspecified atom stereocenters. The molecule has 1 fully saturated rings. The van der Waals surface area contributed by atoms with Crippen LogP contribution in [-0.4, -0.2) is 51.7 Å². The van der Waals surface area contributed by atoms with Gasteiger partial charge in [-0.25, -0.2) is 9.36 Å². The van der Waals surface area contributed by atoms with Gasteiger partial charge in [0.15, 0.2) is 0 Å². The van der Waals surface area contributed by atoms with Crippen molar-refractivity contribution in [3.05, 3.63) is 57.2 Å². The minimum absolute atomic E-state index is 0.233. The molecule has 1 aromatic carbocycles. The van der Waals surface area contributed by atoms with Gasteiger partial charge >= 0.3 is 19.3 Å². The monoisotopic (exact) mass is 540 g/mol. The van der Waals surface area contributed by atoms with E-state index in [4.69, 9.17) is 30.7 Å². The number of ether oxygens (including phenoxy) is 2. The smallest absolute Gasteiger partial charge is 0.380 e. The van der Waals surface area contributed by atoms with Gasteiger partial charge in [0.1, 0.15) is 22.7 Å². The van der Waals surface area contributed by atoms with Crippen LogP contribution in [0.3, 0.4) is 0 Å². The lowest BCUT2D eigenvalue weighted by atomic mass is 10.0. The summed E-state index contributed by atoms with van der Waals surface area (Å²) < 4.78 is 38.1. The number of aliphatic hydroxyl groups excluding tert-OH is 1. The third kappa shape index (κ3) is 6.92. The number of aromatic amines is 1. The van der Waals surface area contributed by atoms with Crippen molar-refractivity contribution in [2.75, 3.05) is 12.8 Å². The summed E-state index contributed by atoms with van der Waals surface area (Å²) in [6, 6.07) is 8.47. The molecule has 0 radical (unpaired) electrons. The van der Waals surface area contributed by atoms with E-state index in [2.05, 4.69) is 4.98 Å². The lowest BCUT2D eigenvalue weighted by Crippen LogP contribution is -2.31. The Hall–Kier alpha value is -2.30. The second-order valence-corrected chi connectivity index (χ2v) is 11.7. The summed E-state index contributed by atoms with van der Waals surface area (Å²) in [7, 11) is -3.89. The number of hydrogen-bond acceptors (Lipinski definition) is 9. The van der Waals surface area contributed by atoms with Crippen LogP contribution < -0.4 is 10.2 Å². The van der Waals surface area contributed by atoms with Crippen LogP contribution in [-0.2, 0) is 23.4 Å². The molecule has 1 aliphatic rings. The van der Waals surface area contributed by atoms with Gasteiger partial charge in [-0.15, -0.1) is 0 Å². The Labute approximate surface area is 215 Å². The van der Waals surface area contributed by atoms with E-state index in [0.29, 0.717) is 16.0 Å². The van der Waals surface area contributed by atoms with Crippen molar-refractivity contribution in [3.8, 4) is 5.75 Å². The van der Waals surface area contributed by atoms with E-state index in [-0.39, 0.29) is 18.9 Å². The highest BCUT2D eigenvalue weighted by Gasteiger charge is 2.44. The van der Waals surface area contributed by atoms with Gasteiger partial charge in [0.05, 0.1) is 30.9 Å². The van der Waals surface area contributed by atoms with Crippen LogP contribution in [0.15, 0.2) is 41.3 Å². The number of carbonyl (C=O) groups is 1. The minimum atomic E-state index is -3.89. The lowest BCUT2D eigenvalue weighted by Gasteiger charge is -2.24. The summed E-state index contributed by atoms with van der Waals surface area (Å²) in [5, 5.41) is 10.8. The summed E-state index contributed by atoms with van der Waals surface area (Å²) in [4.78, 5) is 27.4. The van der Waals surface area contributed by atoms with Gasteiger partial charge in [-0.05, 0) is 32.9 Å². The van der Waals surface area contributed by atoms with Gasteiger partial charge in [-0.2, -0.15) is 0 Å². The number of aromatic nitrogens is 2. The Kier molecular flexibility index (Phi) is 9.29. The summed E-state index contributed by atoms with van der Waals surface area (Å²) in [6.45, 7) is 8.25. The number of para-hydroxylation sites is 1. The Morgan fingerprint density at radius 3 is 2.58 bits per heavy atom. The van der Waals surface area contributed by atoms with Gasteiger partial charge in [0, 0.05) is 17.7 Å². The number of H-pyrrole nitrogens is 1. The second kappa shape index (κ2) is 11.8. The maximum Gasteiger partial charge on any atom is 0.380 e. The van der Waals surface area contributed by atoms with Crippen molar-refractivity contribution in [2.45, 2.75) is 59.2 Å². The first kappa shape index (κ1) is 28.3. The van der Waals surface area contributed by atoms with Crippen molar-refractivity contribution in [1.82, 2.24) is 9.55 Å². The summed E-state index contributed by atoms with van der Waals surface area (Å²) in [5.41, 5.74) is 0.212. The maximum absolute atomic E-state index is 13.8. The van der Waals surface area contributed by atoms with Gasteiger partial charge in [0.2, 0.25) is 0 Å². The van der Waals surface area contributed by atoms with Crippen LogP contribution in [0, 0.1) is 23.4 Å². The van der Waals surface area contributed by atoms with Crippen LogP contribution >= 0.6 is 19.8 Å². The molecule has 1 saturated heterocycles. The van der Waals surface area contributed by atoms with Gasteiger partial charge in [-0.3, -0.25) is 18.9 Å². The molecule has 0 saturated carbocycles. The molecule has 12 heteroatoms. The average molecular weight is 541 g/mol. The van der Waals surface area contributed by atoms with E-state index >= 15 is 0 Å². The van der Waals surface area contributed by atoms with E-state index in [0.717, 1.165) is 0 Å². The standard InChI is InChI=1S/C24H33N2O8PS/c1-14(2)32-23(28)16(4)13-35(30,34-18-9-7-6-8-10-18)31-12-19-20(27)17(5)22(33-19)26-11-15(3)21(36)25-24(26)29/h6-11,14,16-17,19-20,22,27H,12-13H2,1-5H3,(H,25,29,36)/t16-,17-,19+,20?,22+,35-/m1/s1. The van der Waals surface area contributed by atoms with Gasteiger partial charge < -0.3 is 19.1 Å². The SMILES string of the molecule is Cc1cn([C@H]2O[C@@H](CO[P@](=O)(C[C@@H](C)C(=O)OC(C)C)Oc3ccccc3)C(O)[C@H]2C)c(=O)[nH]c1=S. The molecular formula is C24H33N2O8PS. The minimum Gasteiger partial charge on any atom is -0.463 e. The quantitative estimate of drug-likeness (QED) is 0.261. The molecule has 2 heterocycles. The fraction of sp³-hybridized carbons (Fsp3) is 0.542. The van der Waals surface area contributed by atoms with E-state index in [1.807, 2.05) is 0 Å². The molecule has 0 bridgehead atoms. The van der Waals surface area contributed by atoms with Crippen LogP contribution in [0.1, 0.15) is 39.5 Å². The number of benzene rings is 1. The number of aliphatic hydroxyl groups is 1. The Balaban J connectivity index is 1.77. The second-order valence-electron chi connectivity index (χ2n) is 9.27. The summed E-state index contributed by atoms with van der Waals surface area (Å²) >= 11 is 5.11. The van der Waals surface area contributed by atoms with E-state index in [1.165, 1.54) is 4.57 Å². The molecule has 2 N–H and O–H groups in total. The zero-order valence-electron chi connectivity index (χ0n) is 21.0. The molecule has 3 rings (SSSR count). The van der Waals surface area contributed by atoms with Gasteiger partial charge in [-0.1, -0.05) is 44.3 Å². The predicted molar refractivity (Wildman–Crippen MR) is 136 cm³/mol. The normalized spacial score (nSPS) is 24.3. The first-order valence-corrected chi connectivity index (χ1v) is 13.9. The lowest BCUT2D eigenvalue weighted by molar-refractivity contribution is -0.151. The summed E-state index contributed by atoms with van der Waals surface area (Å²) in [5.74, 6) is -1.45. The molecule has 198 valence electrons. The van der Waals surface area contributed by atoms with Crippen LogP contribution in [0.25, 0.3) is 0 Å². The van der Waals surface area contributed by atoms with Crippen LogP contribution in [0.5, 0.6) is 5.75 Å². The molecule has 2 aromatic rings. The van der Waals surface area contributed by atoms with E-state index in [1.54, 1.807) is 71.1 Å². The van der Waals surface area contributed by atoms with Crippen LogP contribution in [0.2, 0.25) is 0 Å². The number of nitrogens with one attached hydrogen (secondary N) is 1. The number of rotatable bonds is 10. The highest BCUT2D eigenvalue weighted by molar-refractivity contribution is 7.71. The Morgan fingerprint density at radius 2 is 1.94 bits per heavy atom. The predicted octanol–water partition coefficient (Wildman–Crippen LogP) is 3.99. The topological polar surface area (TPSA) is 129 Å². The molecule has 0 amide bonds. The maximum atomic E-state index is 13.8. The fourth-order valence-electron chi connectivity index (χ4n) is 3.83. The number of hydrogen-bond donors (Lipinski definition) is 2. The zero-order chi connectivity index (χ0) is 26.6. The summed E-state index contributed by atoms with van der Waals surface area (Å²) in [6.07, 6.45) is -1.69. The van der Waals surface area contributed by atoms with E-state index in [9.17, 15) is 19.3 Å². The molecule has 36 heavy (non-hydrogen) atoms. The molecule has 10 nitrogen and oxygen atoms in total. The molecule has 1 aliphatic heterocycles. The van der Waals surface area contributed by atoms with Crippen LogP contribution in [0.4, 0.5) is 0 Å². The molecule has 0 spiro atoms. The number of nitrogens with zero attached hydrogens (tertiary/aromatic N) is 1. The molecule has 6 atom stereocenters. The van der Waals surface area contributed by atoms with Crippen molar-refractivity contribution in [2.24, 2.45) is 11.8 Å². The van der Waals surface area contributed by atoms with Gasteiger partial charge in [0.25, 0.3) is 0 Å². The largest absolute Gasteiger partial charge is 0.463 e. The number of carbonyl (C=O) groups excluding carboxylic acids is 1. The first-order valence-electron chi connectivity index (χ1n) is 11.7.